The molecular weight excluding hydrogens is 457 g/mol. The zero-order valence-electron chi connectivity index (χ0n) is 17.5. The highest BCUT2D eigenvalue weighted by molar-refractivity contribution is 7.92. The standard InChI is InChI=1S/C23H23F3N2O2S2/c1-16-5-4-6-17(13-16)14-18-15-31-22(27-18)28-11-9-19(10-12-28)32(29,30)21-8-3-2-7-20(21)23(24,25)26/h2-8,13,15,19H,9-12,14H2,1H3. The van der Waals surface area contributed by atoms with Crippen molar-refractivity contribution >= 4 is 26.3 Å². The number of aryl methyl sites for hydroxylation is 1. The van der Waals surface area contributed by atoms with Crippen molar-refractivity contribution in [1.82, 2.24) is 4.98 Å². The van der Waals surface area contributed by atoms with E-state index in [2.05, 4.69) is 12.1 Å². The van der Waals surface area contributed by atoms with Gasteiger partial charge in [-0.1, -0.05) is 42.0 Å². The van der Waals surface area contributed by atoms with E-state index in [9.17, 15) is 21.6 Å². The lowest BCUT2D eigenvalue weighted by Crippen LogP contribution is -2.39. The maximum Gasteiger partial charge on any atom is 0.417 e. The van der Waals surface area contributed by atoms with Crippen LogP contribution in [0.15, 0.2) is 58.8 Å². The molecule has 9 heteroatoms. The van der Waals surface area contributed by atoms with Crippen molar-refractivity contribution in [2.45, 2.75) is 42.5 Å². The Morgan fingerprint density at radius 3 is 2.50 bits per heavy atom. The molecule has 4 nitrogen and oxygen atoms in total. The number of thiazole rings is 1. The average Bonchev–Trinajstić information content (AvgIpc) is 3.22. The van der Waals surface area contributed by atoms with E-state index in [4.69, 9.17) is 4.98 Å². The number of nitrogens with zero attached hydrogens (tertiary/aromatic N) is 2. The van der Waals surface area contributed by atoms with Gasteiger partial charge in [-0.3, -0.25) is 0 Å². The number of anilines is 1. The second-order valence-corrected chi connectivity index (χ2v) is 11.0. The Morgan fingerprint density at radius 2 is 1.81 bits per heavy atom. The van der Waals surface area contributed by atoms with E-state index >= 15 is 0 Å². The van der Waals surface area contributed by atoms with Crippen LogP contribution in [0.3, 0.4) is 0 Å². The van der Waals surface area contributed by atoms with E-state index in [0.29, 0.717) is 13.1 Å². The summed E-state index contributed by atoms with van der Waals surface area (Å²) >= 11 is 1.51. The normalized spacial score (nSPS) is 15.8. The average molecular weight is 481 g/mol. The van der Waals surface area contributed by atoms with Crippen molar-refractivity contribution in [2.24, 2.45) is 0 Å². The quantitative estimate of drug-likeness (QED) is 0.484. The van der Waals surface area contributed by atoms with Crippen molar-refractivity contribution in [3.05, 3.63) is 76.3 Å². The van der Waals surface area contributed by atoms with E-state index in [1.807, 2.05) is 29.3 Å². The van der Waals surface area contributed by atoms with Gasteiger partial charge in [0.05, 0.1) is 21.4 Å². The van der Waals surface area contributed by atoms with Crippen LogP contribution in [0.2, 0.25) is 0 Å². The molecule has 0 unspecified atom stereocenters. The summed E-state index contributed by atoms with van der Waals surface area (Å²) in [6.07, 6.45) is -3.46. The van der Waals surface area contributed by atoms with Crippen LogP contribution in [0.25, 0.3) is 0 Å². The zero-order chi connectivity index (χ0) is 22.9. The molecule has 0 radical (unpaired) electrons. The molecule has 2 aromatic carbocycles. The van der Waals surface area contributed by atoms with Gasteiger partial charge < -0.3 is 4.90 Å². The number of alkyl halides is 3. The molecule has 1 saturated heterocycles. The summed E-state index contributed by atoms with van der Waals surface area (Å²) in [5.41, 5.74) is 2.22. The molecule has 1 aromatic heterocycles. The van der Waals surface area contributed by atoms with Gasteiger partial charge in [0, 0.05) is 24.9 Å². The number of aromatic nitrogens is 1. The zero-order valence-corrected chi connectivity index (χ0v) is 19.1. The molecule has 32 heavy (non-hydrogen) atoms. The molecule has 0 atom stereocenters. The maximum atomic E-state index is 13.3. The summed E-state index contributed by atoms with van der Waals surface area (Å²) in [6.45, 7) is 2.92. The molecule has 4 rings (SSSR count). The number of halogens is 3. The van der Waals surface area contributed by atoms with Crippen molar-refractivity contribution in [3.63, 3.8) is 0 Å². The lowest BCUT2D eigenvalue weighted by Gasteiger charge is -2.31. The minimum atomic E-state index is -4.71. The van der Waals surface area contributed by atoms with Crippen LogP contribution in [0, 0.1) is 6.92 Å². The molecule has 0 aliphatic carbocycles. The van der Waals surface area contributed by atoms with Crippen molar-refractivity contribution < 1.29 is 21.6 Å². The van der Waals surface area contributed by atoms with Gasteiger partial charge in [0.25, 0.3) is 0 Å². The first-order valence-corrected chi connectivity index (χ1v) is 12.7. The summed E-state index contributed by atoms with van der Waals surface area (Å²) in [7, 11) is -4.08. The highest BCUT2D eigenvalue weighted by Gasteiger charge is 2.40. The van der Waals surface area contributed by atoms with E-state index in [0.717, 1.165) is 29.4 Å². The van der Waals surface area contributed by atoms with Crippen LogP contribution < -0.4 is 4.90 Å². The Labute approximate surface area is 189 Å². The van der Waals surface area contributed by atoms with Crippen molar-refractivity contribution in [3.8, 4) is 0 Å². The van der Waals surface area contributed by atoms with E-state index < -0.39 is 31.7 Å². The molecule has 1 aliphatic rings. The Morgan fingerprint density at radius 1 is 1.09 bits per heavy atom. The van der Waals surface area contributed by atoms with E-state index in [1.165, 1.54) is 34.6 Å². The largest absolute Gasteiger partial charge is 0.417 e. The molecular formula is C23H23F3N2O2S2. The van der Waals surface area contributed by atoms with Crippen LogP contribution in [0.5, 0.6) is 0 Å². The third kappa shape index (κ3) is 4.83. The van der Waals surface area contributed by atoms with Gasteiger partial charge >= 0.3 is 6.18 Å². The number of sulfone groups is 1. The van der Waals surface area contributed by atoms with Gasteiger partial charge in [-0.25, -0.2) is 13.4 Å². The molecule has 1 aliphatic heterocycles. The summed E-state index contributed by atoms with van der Waals surface area (Å²) in [5.74, 6) is 0. The molecule has 0 saturated carbocycles. The molecule has 170 valence electrons. The smallest absolute Gasteiger partial charge is 0.348 e. The van der Waals surface area contributed by atoms with Gasteiger partial charge in [-0.05, 0) is 37.5 Å². The van der Waals surface area contributed by atoms with Crippen LogP contribution >= 0.6 is 11.3 Å². The Hall–Kier alpha value is -2.39. The molecule has 0 N–H and O–H groups in total. The predicted molar refractivity (Wildman–Crippen MR) is 120 cm³/mol. The number of piperidine rings is 1. The molecule has 0 bridgehead atoms. The van der Waals surface area contributed by atoms with Gasteiger partial charge in [0.2, 0.25) is 0 Å². The Bertz CT molecular complexity index is 1200. The molecule has 2 heterocycles. The first-order chi connectivity index (χ1) is 15.1. The van der Waals surface area contributed by atoms with Crippen LogP contribution in [-0.2, 0) is 22.4 Å². The van der Waals surface area contributed by atoms with Crippen LogP contribution in [-0.4, -0.2) is 31.7 Å². The van der Waals surface area contributed by atoms with Gasteiger partial charge in [-0.15, -0.1) is 11.3 Å². The van der Waals surface area contributed by atoms with Crippen molar-refractivity contribution in [2.75, 3.05) is 18.0 Å². The third-order valence-electron chi connectivity index (χ3n) is 5.66. The second kappa shape index (κ2) is 8.86. The topological polar surface area (TPSA) is 50.3 Å². The Kier molecular flexibility index (Phi) is 6.31. The maximum absolute atomic E-state index is 13.3. The van der Waals surface area contributed by atoms with Crippen LogP contribution in [0.4, 0.5) is 18.3 Å². The van der Waals surface area contributed by atoms with Gasteiger partial charge in [0.15, 0.2) is 15.0 Å². The van der Waals surface area contributed by atoms with Crippen LogP contribution in [0.1, 0.15) is 35.2 Å². The minimum Gasteiger partial charge on any atom is -0.348 e. The van der Waals surface area contributed by atoms with E-state index in [1.54, 1.807) is 0 Å². The monoisotopic (exact) mass is 480 g/mol. The first kappa shape index (κ1) is 22.8. The fourth-order valence-electron chi connectivity index (χ4n) is 4.04. The van der Waals surface area contributed by atoms with E-state index in [-0.39, 0.29) is 12.8 Å². The lowest BCUT2D eigenvalue weighted by molar-refractivity contribution is -0.139. The van der Waals surface area contributed by atoms with Gasteiger partial charge in [-0.2, -0.15) is 13.2 Å². The molecule has 0 spiro atoms. The minimum absolute atomic E-state index is 0.265. The summed E-state index contributed by atoms with van der Waals surface area (Å²) < 4.78 is 66.0. The lowest BCUT2D eigenvalue weighted by atomic mass is 10.1. The summed E-state index contributed by atoms with van der Waals surface area (Å²) in [4.78, 5) is 6.09. The first-order valence-electron chi connectivity index (χ1n) is 10.3. The fourth-order valence-corrected chi connectivity index (χ4v) is 6.87. The molecule has 3 aromatic rings. The third-order valence-corrected chi connectivity index (χ3v) is 8.93. The molecule has 1 fully saturated rings. The SMILES string of the molecule is Cc1cccc(Cc2csc(N3CCC(S(=O)(=O)c4ccccc4C(F)(F)F)CC3)n2)c1. The summed E-state index contributed by atoms with van der Waals surface area (Å²) in [6, 6.07) is 12.7. The molecule has 0 amide bonds. The second-order valence-electron chi connectivity index (χ2n) is 8.01. The number of hydrogen-bond acceptors (Lipinski definition) is 5. The number of benzene rings is 2. The predicted octanol–water partition coefficient (Wildman–Crippen LogP) is 5.50. The highest BCUT2D eigenvalue weighted by atomic mass is 32.2. The fraction of sp³-hybridized carbons (Fsp3) is 0.348. The number of hydrogen-bond donors (Lipinski definition) is 0. The van der Waals surface area contributed by atoms with Gasteiger partial charge in [0.1, 0.15) is 0 Å². The summed E-state index contributed by atoms with van der Waals surface area (Å²) in [5, 5.41) is 1.98. The Balaban J connectivity index is 1.44. The highest BCUT2D eigenvalue weighted by Crippen LogP contribution is 2.37. The van der Waals surface area contributed by atoms with Crippen molar-refractivity contribution in [1.29, 1.82) is 0 Å². The number of rotatable bonds is 5.